The lowest BCUT2D eigenvalue weighted by Crippen LogP contribution is -2.49. The fourth-order valence-electron chi connectivity index (χ4n) is 4.39. The van der Waals surface area contributed by atoms with Gasteiger partial charge in [-0.25, -0.2) is 4.79 Å². The molecule has 0 aliphatic carbocycles. The Balaban J connectivity index is 2.00. The Hall–Kier alpha value is -2.65. The lowest BCUT2D eigenvalue weighted by molar-refractivity contribution is -0.151. The smallest absolute Gasteiger partial charge is 0.349 e. The Labute approximate surface area is 214 Å². The fraction of sp³-hybridized carbons (Fsp3) is 0.667. The molecule has 2 rings (SSSR count). The number of para-hydroxylation sites is 2. The summed E-state index contributed by atoms with van der Waals surface area (Å²) in [7, 11) is 0. The number of hydrogen-bond donors (Lipinski definition) is 3. The first-order chi connectivity index (χ1) is 17.0. The van der Waals surface area contributed by atoms with Crippen LogP contribution in [0.4, 0.5) is 5.69 Å². The molecule has 36 heavy (non-hydrogen) atoms. The van der Waals surface area contributed by atoms with Gasteiger partial charge >= 0.3 is 5.97 Å². The van der Waals surface area contributed by atoms with Crippen LogP contribution < -0.4 is 20.7 Å². The van der Waals surface area contributed by atoms with Gasteiger partial charge in [-0.1, -0.05) is 46.2 Å². The average Bonchev–Trinajstić information content (AvgIpc) is 2.82. The van der Waals surface area contributed by atoms with Gasteiger partial charge in [-0.3, -0.25) is 9.59 Å². The van der Waals surface area contributed by atoms with Crippen molar-refractivity contribution in [3.05, 3.63) is 24.3 Å². The van der Waals surface area contributed by atoms with Gasteiger partial charge in [-0.15, -0.1) is 0 Å². The van der Waals surface area contributed by atoms with Gasteiger partial charge in [0.05, 0.1) is 24.9 Å². The minimum atomic E-state index is -0.902. The SMILES string of the molecule is CCCCNC(=O)[C@H](C)C[C@H](O)[C@@H](N)CC(C)(C)CC(=O)N1CC(C(=O)OCC)Oc2ccccc21. The van der Waals surface area contributed by atoms with Gasteiger partial charge in [0.25, 0.3) is 0 Å². The van der Waals surface area contributed by atoms with E-state index < -0.39 is 29.6 Å². The molecule has 4 N–H and O–H groups in total. The number of ether oxygens (including phenoxy) is 2. The number of fused-ring (bicyclic) bond motifs is 1. The van der Waals surface area contributed by atoms with Crippen molar-refractivity contribution in [3.8, 4) is 5.75 Å². The van der Waals surface area contributed by atoms with Gasteiger partial charge < -0.3 is 30.5 Å². The van der Waals surface area contributed by atoms with E-state index in [1.807, 2.05) is 19.9 Å². The second-order valence-electron chi connectivity index (χ2n) is 10.4. The summed E-state index contributed by atoms with van der Waals surface area (Å²) in [5.41, 5.74) is 6.38. The molecule has 1 aliphatic heterocycles. The molecule has 1 aromatic rings. The van der Waals surface area contributed by atoms with E-state index in [0.29, 0.717) is 24.4 Å². The van der Waals surface area contributed by atoms with Crippen molar-refractivity contribution >= 4 is 23.5 Å². The van der Waals surface area contributed by atoms with Crippen LogP contribution in [0, 0.1) is 11.3 Å². The minimum absolute atomic E-state index is 0.0596. The molecule has 0 saturated heterocycles. The molecule has 1 heterocycles. The normalized spacial score (nSPS) is 17.9. The highest BCUT2D eigenvalue weighted by Crippen LogP contribution is 2.36. The second kappa shape index (κ2) is 13.6. The van der Waals surface area contributed by atoms with Crippen LogP contribution in [-0.4, -0.2) is 60.8 Å². The van der Waals surface area contributed by atoms with Crippen molar-refractivity contribution in [2.24, 2.45) is 17.1 Å². The Morgan fingerprint density at radius 2 is 1.97 bits per heavy atom. The van der Waals surface area contributed by atoms with Gasteiger partial charge in [0.15, 0.2) is 0 Å². The number of nitrogens with two attached hydrogens (primary N) is 1. The summed E-state index contributed by atoms with van der Waals surface area (Å²) in [5.74, 6) is -0.688. The number of benzene rings is 1. The molecule has 0 saturated carbocycles. The third kappa shape index (κ3) is 8.48. The maximum absolute atomic E-state index is 13.4. The summed E-state index contributed by atoms with van der Waals surface area (Å²) in [5, 5.41) is 13.5. The molecule has 4 atom stereocenters. The number of hydrogen-bond acceptors (Lipinski definition) is 7. The summed E-state index contributed by atoms with van der Waals surface area (Å²) in [4.78, 5) is 39.5. The molecule has 0 radical (unpaired) electrons. The number of nitrogens with one attached hydrogen (secondary N) is 1. The highest BCUT2D eigenvalue weighted by molar-refractivity contribution is 5.97. The standard InChI is InChI=1S/C27H43N3O6/c1-6-8-13-29-25(33)18(3)14-21(31)19(28)15-27(4,5)16-24(32)30-17-23(26(34)35-7-2)36-22-12-10-9-11-20(22)30/h9-12,18-19,21,23,31H,6-8,13-17,28H2,1-5H3,(H,29,33)/t18-,19+,21+,23?/m1/s1. The molecule has 0 aromatic heterocycles. The number of nitrogens with zero attached hydrogens (tertiary/aromatic N) is 1. The molecular weight excluding hydrogens is 462 g/mol. The maximum atomic E-state index is 13.4. The molecule has 9 heteroatoms. The monoisotopic (exact) mass is 505 g/mol. The zero-order chi connectivity index (χ0) is 26.9. The van der Waals surface area contributed by atoms with E-state index in [9.17, 15) is 19.5 Å². The zero-order valence-corrected chi connectivity index (χ0v) is 22.3. The molecule has 1 unspecified atom stereocenters. The number of aliphatic hydroxyl groups is 1. The highest BCUT2D eigenvalue weighted by Gasteiger charge is 2.37. The van der Waals surface area contributed by atoms with Crippen LogP contribution in [0.25, 0.3) is 0 Å². The summed E-state index contributed by atoms with van der Waals surface area (Å²) in [6.07, 6.45) is 0.930. The lowest BCUT2D eigenvalue weighted by atomic mass is 9.80. The van der Waals surface area contributed by atoms with Gasteiger partial charge in [0.2, 0.25) is 17.9 Å². The van der Waals surface area contributed by atoms with E-state index in [0.717, 1.165) is 12.8 Å². The van der Waals surface area contributed by atoms with Crippen molar-refractivity contribution in [1.82, 2.24) is 5.32 Å². The fourth-order valence-corrected chi connectivity index (χ4v) is 4.39. The van der Waals surface area contributed by atoms with Crippen LogP contribution >= 0.6 is 0 Å². The Kier molecular flexibility index (Phi) is 11.2. The van der Waals surface area contributed by atoms with Crippen molar-refractivity contribution in [3.63, 3.8) is 0 Å². The number of amides is 2. The summed E-state index contributed by atoms with van der Waals surface area (Å²) < 4.78 is 10.9. The predicted molar refractivity (Wildman–Crippen MR) is 139 cm³/mol. The van der Waals surface area contributed by atoms with Crippen molar-refractivity contribution < 1.29 is 29.0 Å². The summed E-state index contributed by atoms with van der Waals surface area (Å²) >= 11 is 0. The van der Waals surface area contributed by atoms with E-state index >= 15 is 0 Å². The van der Waals surface area contributed by atoms with Crippen LogP contribution in [0.15, 0.2) is 24.3 Å². The molecule has 2 amide bonds. The average molecular weight is 506 g/mol. The first kappa shape index (κ1) is 29.6. The Morgan fingerprint density at radius 3 is 2.64 bits per heavy atom. The quantitative estimate of drug-likeness (QED) is 0.277. The van der Waals surface area contributed by atoms with E-state index in [4.69, 9.17) is 15.2 Å². The van der Waals surface area contributed by atoms with Gasteiger partial charge in [0.1, 0.15) is 5.75 Å². The molecule has 0 bridgehead atoms. The zero-order valence-electron chi connectivity index (χ0n) is 22.3. The molecule has 0 fully saturated rings. The van der Waals surface area contributed by atoms with Crippen molar-refractivity contribution in [2.45, 2.75) is 85.0 Å². The molecule has 9 nitrogen and oxygen atoms in total. The third-order valence-corrected chi connectivity index (χ3v) is 6.41. The van der Waals surface area contributed by atoms with Crippen LogP contribution in [0.3, 0.4) is 0 Å². The third-order valence-electron chi connectivity index (χ3n) is 6.41. The molecular formula is C27H43N3O6. The minimum Gasteiger partial charge on any atom is -0.475 e. The number of rotatable bonds is 13. The van der Waals surface area contributed by atoms with Gasteiger partial charge in [0, 0.05) is 24.9 Å². The largest absolute Gasteiger partial charge is 0.475 e. The predicted octanol–water partition coefficient (Wildman–Crippen LogP) is 2.78. The molecule has 202 valence electrons. The van der Waals surface area contributed by atoms with E-state index in [1.165, 1.54) is 0 Å². The van der Waals surface area contributed by atoms with E-state index in [1.54, 1.807) is 36.9 Å². The number of anilines is 1. The van der Waals surface area contributed by atoms with Crippen molar-refractivity contribution in [2.75, 3.05) is 24.6 Å². The van der Waals surface area contributed by atoms with Crippen LogP contribution in [-0.2, 0) is 19.1 Å². The Bertz CT molecular complexity index is 890. The number of esters is 1. The lowest BCUT2D eigenvalue weighted by Gasteiger charge is -2.36. The number of unbranched alkanes of at least 4 members (excludes halogenated alkanes) is 1. The first-order valence-corrected chi connectivity index (χ1v) is 12.9. The summed E-state index contributed by atoms with van der Waals surface area (Å²) in [6, 6.07) is 6.50. The van der Waals surface area contributed by atoms with Crippen LogP contribution in [0.2, 0.25) is 0 Å². The highest BCUT2D eigenvalue weighted by atomic mass is 16.6. The number of carbonyl (C=O) groups excluding carboxylic acids is 3. The van der Waals surface area contributed by atoms with Gasteiger partial charge in [-0.05, 0) is 43.7 Å². The topological polar surface area (TPSA) is 131 Å². The number of carbonyl (C=O) groups is 3. The van der Waals surface area contributed by atoms with Crippen molar-refractivity contribution in [1.29, 1.82) is 0 Å². The Morgan fingerprint density at radius 1 is 1.28 bits per heavy atom. The second-order valence-corrected chi connectivity index (χ2v) is 10.4. The molecule has 1 aromatic carbocycles. The van der Waals surface area contributed by atoms with E-state index in [2.05, 4.69) is 12.2 Å². The van der Waals surface area contributed by atoms with Crippen LogP contribution in [0.5, 0.6) is 5.75 Å². The van der Waals surface area contributed by atoms with Gasteiger partial charge in [-0.2, -0.15) is 0 Å². The summed E-state index contributed by atoms with van der Waals surface area (Å²) in [6.45, 7) is 10.3. The van der Waals surface area contributed by atoms with E-state index in [-0.39, 0.29) is 43.7 Å². The number of aliphatic hydroxyl groups excluding tert-OH is 1. The molecule has 0 spiro atoms. The first-order valence-electron chi connectivity index (χ1n) is 12.9. The maximum Gasteiger partial charge on any atom is 0.349 e. The van der Waals surface area contributed by atoms with Crippen LogP contribution in [0.1, 0.15) is 66.7 Å². The molecule has 1 aliphatic rings.